The molecule has 22 heavy (non-hydrogen) atoms. The van der Waals surface area contributed by atoms with Gasteiger partial charge in [0, 0.05) is 12.5 Å². The molecule has 1 aliphatic rings. The summed E-state index contributed by atoms with van der Waals surface area (Å²) < 4.78 is 31.3. The fourth-order valence-corrected chi connectivity index (χ4v) is 2.80. The van der Waals surface area contributed by atoms with E-state index in [9.17, 15) is 13.6 Å². The van der Waals surface area contributed by atoms with Crippen molar-refractivity contribution in [1.82, 2.24) is 15.5 Å². The van der Waals surface area contributed by atoms with Crippen molar-refractivity contribution in [1.29, 1.82) is 0 Å². The van der Waals surface area contributed by atoms with Gasteiger partial charge in [-0.2, -0.15) is 4.98 Å². The zero-order valence-corrected chi connectivity index (χ0v) is 12.0. The predicted molar refractivity (Wildman–Crippen MR) is 73.0 cm³/mol. The van der Waals surface area contributed by atoms with Crippen LogP contribution in [-0.2, 0) is 5.54 Å². The molecule has 1 aromatic heterocycles. The van der Waals surface area contributed by atoms with Crippen LogP contribution in [0.5, 0.6) is 0 Å². The Balaban J connectivity index is 1.88. The number of hydrogen-bond acceptors (Lipinski definition) is 4. The quantitative estimate of drug-likeness (QED) is 0.946. The highest BCUT2D eigenvalue weighted by molar-refractivity contribution is 5.94. The highest BCUT2D eigenvalue weighted by Gasteiger charge is 2.41. The summed E-state index contributed by atoms with van der Waals surface area (Å²) >= 11 is 0. The average molecular weight is 307 g/mol. The van der Waals surface area contributed by atoms with Crippen LogP contribution in [0.2, 0.25) is 0 Å². The number of nitrogens with zero attached hydrogens (tertiary/aromatic N) is 2. The summed E-state index contributed by atoms with van der Waals surface area (Å²) in [5.74, 6) is -1.67. The van der Waals surface area contributed by atoms with Crippen molar-refractivity contribution >= 4 is 5.91 Å². The van der Waals surface area contributed by atoms with E-state index in [1.165, 1.54) is 6.07 Å². The number of aryl methyl sites for hydroxylation is 1. The first kappa shape index (κ1) is 14.6. The fraction of sp³-hybridized carbons (Fsp3) is 0.400. The van der Waals surface area contributed by atoms with Crippen LogP contribution in [0.25, 0.3) is 0 Å². The molecule has 1 saturated carbocycles. The normalized spacial score (nSPS) is 16.7. The zero-order chi connectivity index (χ0) is 15.7. The summed E-state index contributed by atoms with van der Waals surface area (Å²) in [4.78, 5) is 16.6. The van der Waals surface area contributed by atoms with Gasteiger partial charge in [0.2, 0.25) is 5.89 Å². The maximum atomic E-state index is 13.3. The lowest BCUT2D eigenvalue weighted by Gasteiger charge is -2.26. The lowest BCUT2D eigenvalue weighted by Crippen LogP contribution is -2.44. The second-order valence-corrected chi connectivity index (χ2v) is 5.51. The number of nitrogens with one attached hydrogen (secondary N) is 1. The van der Waals surface area contributed by atoms with Crippen LogP contribution in [0.15, 0.2) is 22.7 Å². The van der Waals surface area contributed by atoms with Crippen molar-refractivity contribution in [3.8, 4) is 0 Å². The molecule has 2 aromatic rings. The monoisotopic (exact) mass is 307 g/mol. The van der Waals surface area contributed by atoms with Crippen molar-refractivity contribution in [3.63, 3.8) is 0 Å². The molecular weight excluding hydrogens is 292 g/mol. The van der Waals surface area contributed by atoms with Gasteiger partial charge in [-0.25, -0.2) is 8.78 Å². The molecule has 7 heteroatoms. The van der Waals surface area contributed by atoms with Crippen LogP contribution in [-0.4, -0.2) is 16.0 Å². The highest BCUT2D eigenvalue weighted by Crippen LogP contribution is 2.37. The molecule has 1 aliphatic carbocycles. The molecule has 1 N–H and O–H groups in total. The summed E-state index contributed by atoms with van der Waals surface area (Å²) in [6.07, 6.45) is 3.21. The van der Waals surface area contributed by atoms with Crippen LogP contribution in [0.1, 0.15) is 47.8 Å². The maximum absolute atomic E-state index is 13.3. The van der Waals surface area contributed by atoms with E-state index in [0.717, 1.165) is 25.0 Å². The van der Waals surface area contributed by atoms with Crippen molar-refractivity contribution < 1.29 is 18.1 Å². The minimum atomic E-state index is -1.05. The van der Waals surface area contributed by atoms with Crippen LogP contribution in [0.4, 0.5) is 8.78 Å². The Kier molecular flexibility index (Phi) is 3.64. The minimum Gasteiger partial charge on any atom is -0.340 e. The van der Waals surface area contributed by atoms with Crippen LogP contribution < -0.4 is 5.32 Å². The maximum Gasteiger partial charge on any atom is 0.252 e. The van der Waals surface area contributed by atoms with E-state index in [2.05, 4.69) is 15.5 Å². The Morgan fingerprint density at radius 1 is 1.27 bits per heavy atom. The Labute approximate surface area is 125 Å². The second kappa shape index (κ2) is 5.47. The summed E-state index contributed by atoms with van der Waals surface area (Å²) in [5.41, 5.74) is -0.648. The lowest BCUT2D eigenvalue weighted by atomic mass is 9.96. The van der Waals surface area contributed by atoms with Crippen LogP contribution >= 0.6 is 0 Å². The number of carbonyl (C=O) groups is 1. The number of aromatic nitrogens is 2. The Morgan fingerprint density at radius 3 is 2.59 bits per heavy atom. The largest absolute Gasteiger partial charge is 0.340 e. The van der Waals surface area contributed by atoms with Gasteiger partial charge in [0.1, 0.15) is 5.54 Å². The Morgan fingerprint density at radius 2 is 2.00 bits per heavy atom. The van der Waals surface area contributed by atoms with E-state index >= 15 is 0 Å². The molecule has 0 unspecified atom stereocenters. The number of halogens is 2. The third-order valence-corrected chi connectivity index (χ3v) is 3.95. The average Bonchev–Trinajstić information content (AvgIpc) is 3.12. The number of hydrogen-bond donors (Lipinski definition) is 1. The molecule has 1 amide bonds. The number of benzene rings is 1. The molecule has 1 heterocycles. The number of rotatable bonds is 3. The smallest absolute Gasteiger partial charge is 0.252 e. The highest BCUT2D eigenvalue weighted by atomic mass is 19.2. The molecular formula is C15H15F2N3O2. The predicted octanol–water partition coefficient (Wildman–Crippen LogP) is 2.86. The van der Waals surface area contributed by atoms with Crippen molar-refractivity contribution in [2.75, 3.05) is 0 Å². The van der Waals surface area contributed by atoms with Gasteiger partial charge in [-0.05, 0) is 31.0 Å². The van der Waals surface area contributed by atoms with Gasteiger partial charge >= 0.3 is 0 Å². The van der Waals surface area contributed by atoms with Gasteiger partial charge in [-0.1, -0.05) is 18.0 Å². The van der Waals surface area contributed by atoms with Gasteiger partial charge in [-0.15, -0.1) is 0 Å². The SMILES string of the molecule is Cc1nc(C2(NC(=O)c3ccc(F)c(F)c3)CCCC2)no1. The van der Waals surface area contributed by atoms with Crippen molar-refractivity contribution in [3.05, 3.63) is 47.1 Å². The summed E-state index contributed by atoms with van der Waals surface area (Å²) in [7, 11) is 0. The fourth-order valence-electron chi connectivity index (χ4n) is 2.80. The second-order valence-electron chi connectivity index (χ2n) is 5.51. The summed E-state index contributed by atoms with van der Waals surface area (Å²) in [6, 6.07) is 3.07. The Hall–Kier alpha value is -2.31. The molecule has 0 radical (unpaired) electrons. The van der Waals surface area contributed by atoms with E-state index in [1.807, 2.05) is 0 Å². The van der Waals surface area contributed by atoms with Crippen LogP contribution in [0.3, 0.4) is 0 Å². The van der Waals surface area contributed by atoms with E-state index in [0.29, 0.717) is 24.6 Å². The van der Waals surface area contributed by atoms with Crippen molar-refractivity contribution in [2.24, 2.45) is 0 Å². The molecule has 1 fully saturated rings. The first-order valence-corrected chi connectivity index (χ1v) is 7.08. The lowest BCUT2D eigenvalue weighted by molar-refractivity contribution is 0.0891. The van der Waals surface area contributed by atoms with Gasteiger partial charge in [0.05, 0.1) is 0 Å². The van der Waals surface area contributed by atoms with E-state index < -0.39 is 23.1 Å². The third kappa shape index (κ3) is 2.58. The number of carbonyl (C=O) groups excluding carboxylic acids is 1. The third-order valence-electron chi connectivity index (χ3n) is 3.95. The van der Waals surface area contributed by atoms with Gasteiger partial charge < -0.3 is 9.84 Å². The van der Waals surface area contributed by atoms with Crippen molar-refractivity contribution in [2.45, 2.75) is 38.1 Å². The van der Waals surface area contributed by atoms with E-state index in [-0.39, 0.29) is 5.56 Å². The molecule has 0 atom stereocenters. The first-order chi connectivity index (χ1) is 10.5. The molecule has 0 saturated heterocycles. The molecule has 1 aromatic carbocycles. The molecule has 5 nitrogen and oxygen atoms in total. The van der Waals surface area contributed by atoms with E-state index in [4.69, 9.17) is 4.52 Å². The topological polar surface area (TPSA) is 68.0 Å². The van der Waals surface area contributed by atoms with Gasteiger partial charge in [-0.3, -0.25) is 4.79 Å². The van der Waals surface area contributed by atoms with Gasteiger partial charge in [0.15, 0.2) is 17.5 Å². The Bertz CT molecular complexity index is 709. The molecule has 0 spiro atoms. The standard InChI is InChI=1S/C15H15F2N3O2/c1-9-18-14(20-22-9)15(6-2-3-7-15)19-13(21)10-4-5-11(16)12(17)8-10/h4-5,8H,2-3,6-7H2,1H3,(H,19,21). The molecule has 116 valence electrons. The molecule has 0 aliphatic heterocycles. The van der Waals surface area contributed by atoms with Gasteiger partial charge in [0.25, 0.3) is 5.91 Å². The summed E-state index contributed by atoms with van der Waals surface area (Å²) in [6.45, 7) is 1.68. The number of amides is 1. The zero-order valence-electron chi connectivity index (χ0n) is 12.0. The summed E-state index contributed by atoms with van der Waals surface area (Å²) in [5, 5.41) is 6.79. The molecule has 0 bridgehead atoms. The van der Waals surface area contributed by atoms with E-state index in [1.54, 1.807) is 6.92 Å². The first-order valence-electron chi connectivity index (χ1n) is 7.08. The molecule has 3 rings (SSSR count). The van der Waals surface area contributed by atoms with Crippen LogP contribution in [0, 0.1) is 18.6 Å². The minimum absolute atomic E-state index is 0.0605.